The fourth-order valence-corrected chi connectivity index (χ4v) is 3.29. The maximum atomic E-state index is 10.9. The monoisotopic (exact) mass is 338 g/mol. The summed E-state index contributed by atoms with van der Waals surface area (Å²) in [4.78, 5) is 10.9. The van der Waals surface area contributed by atoms with E-state index in [0.29, 0.717) is 12.2 Å². The molecule has 5 heteroatoms. The number of aliphatic carboxylic acids is 1. The third-order valence-corrected chi connectivity index (χ3v) is 4.64. The Kier molecular flexibility index (Phi) is 5.03. The first-order valence-electron chi connectivity index (χ1n) is 8.41. The van der Waals surface area contributed by atoms with Gasteiger partial charge in [0, 0.05) is 12.0 Å². The molecule has 0 aliphatic heterocycles. The smallest absolute Gasteiger partial charge is 0.303 e. The van der Waals surface area contributed by atoms with Crippen LogP contribution < -0.4 is 10.5 Å². The number of nitrogens with two attached hydrogens (primary N) is 1. The van der Waals surface area contributed by atoms with Crippen LogP contribution in [-0.4, -0.2) is 16.9 Å². The van der Waals surface area contributed by atoms with Gasteiger partial charge in [-0.3, -0.25) is 10.2 Å². The molecule has 3 rings (SSSR count). The zero-order valence-electron chi connectivity index (χ0n) is 14.0. The molecule has 4 N–H and O–H groups in total. The summed E-state index contributed by atoms with van der Waals surface area (Å²) < 4.78 is 5.80. The normalized spacial score (nSPS) is 16.1. The van der Waals surface area contributed by atoms with E-state index >= 15 is 0 Å². The van der Waals surface area contributed by atoms with Crippen molar-refractivity contribution < 1.29 is 14.6 Å². The van der Waals surface area contributed by atoms with E-state index in [9.17, 15) is 4.79 Å². The van der Waals surface area contributed by atoms with Crippen LogP contribution in [0.2, 0.25) is 0 Å². The van der Waals surface area contributed by atoms with Crippen LogP contribution in [0, 0.1) is 11.3 Å². The molecule has 0 fully saturated rings. The van der Waals surface area contributed by atoms with Crippen LogP contribution in [-0.2, 0) is 24.2 Å². The lowest BCUT2D eigenvalue weighted by atomic mass is 9.81. The first-order valence-corrected chi connectivity index (χ1v) is 8.41. The summed E-state index contributed by atoms with van der Waals surface area (Å²) in [6, 6.07) is 13.5. The number of carboxylic acids is 1. The molecule has 0 amide bonds. The topological polar surface area (TPSA) is 96.4 Å². The summed E-state index contributed by atoms with van der Waals surface area (Å²) in [6.07, 6.45) is 2.95. The van der Waals surface area contributed by atoms with Crippen molar-refractivity contribution in [1.82, 2.24) is 0 Å². The summed E-state index contributed by atoms with van der Waals surface area (Å²) in [5.74, 6) is 0.269. The molecule has 2 aromatic carbocycles. The Morgan fingerprint density at radius 1 is 1.20 bits per heavy atom. The highest BCUT2D eigenvalue weighted by molar-refractivity contribution is 5.94. The lowest BCUT2D eigenvalue weighted by Crippen LogP contribution is -2.17. The lowest BCUT2D eigenvalue weighted by Gasteiger charge is -2.24. The molecule has 0 spiro atoms. The molecule has 1 aliphatic rings. The largest absolute Gasteiger partial charge is 0.489 e. The fraction of sp³-hybridized carbons (Fsp3) is 0.300. The number of aryl methyl sites for hydroxylation is 1. The van der Waals surface area contributed by atoms with Gasteiger partial charge in [-0.05, 0) is 66.1 Å². The van der Waals surface area contributed by atoms with Crippen molar-refractivity contribution in [2.24, 2.45) is 11.7 Å². The van der Waals surface area contributed by atoms with Gasteiger partial charge in [0.1, 0.15) is 18.2 Å². The molecule has 0 heterocycles. The van der Waals surface area contributed by atoms with E-state index in [1.165, 1.54) is 11.1 Å². The molecule has 5 nitrogen and oxygen atoms in total. The van der Waals surface area contributed by atoms with Gasteiger partial charge in [0.05, 0.1) is 0 Å². The summed E-state index contributed by atoms with van der Waals surface area (Å²) >= 11 is 0. The van der Waals surface area contributed by atoms with Crippen LogP contribution in [0.15, 0.2) is 42.5 Å². The molecular weight excluding hydrogens is 316 g/mol. The van der Waals surface area contributed by atoms with Crippen LogP contribution in [0.3, 0.4) is 0 Å². The zero-order valence-corrected chi connectivity index (χ0v) is 14.0. The van der Waals surface area contributed by atoms with Gasteiger partial charge in [0.2, 0.25) is 0 Å². The molecule has 2 aromatic rings. The molecule has 130 valence electrons. The summed E-state index contributed by atoms with van der Waals surface area (Å²) in [6.45, 7) is 0.455. The number of amidine groups is 1. The molecule has 0 aromatic heterocycles. The van der Waals surface area contributed by atoms with Crippen molar-refractivity contribution in [1.29, 1.82) is 5.41 Å². The predicted molar refractivity (Wildman–Crippen MR) is 96.0 cm³/mol. The Morgan fingerprint density at radius 3 is 2.64 bits per heavy atom. The average molecular weight is 338 g/mol. The van der Waals surface area contributed by atoms with E-state index in [1.807, 2.05) is 0 Å². The minimum atomic E-state index is -0.720. The Morgan fingerprint density at radius 2 is 1.96 bits per heavy atom. The van der Waals surface area contributed by atoms with Crippen molar-refractivity contribution in [3.8, 4) is 5.75 Å². The maximum Gasteiger partial charge on any atom is 0.303 e. The minimum Gasteiger partial charge on any atom is -0.489 e. The average Bonchev–Trinajstić information content (AvgIpc) is 2.59. The second-order valence-electron chi connectivity index (χ2n) is 6.54. The van der Waals surface area contributed by atoms with E-state index in [4.69, 9.17) is 21.0 Å². The van der Waals surface area contributed by atoms with E-state index < -0.39 is 5.97 Å². The van der Waals surface area contributed by atoms with Gasteiger partial charge < -0.3 is 15.6 Å². The fourth-order valence-electron chi connectivity index (χ4n) is 3.29. The van der Waals surface area contributed by atoms with Crippen molar-refractivity contribution in [3.63, 3.8) is 0 Å². The summed E-state index contributed by atoms with van der Waals surface area (Å²) in [5, 5.41) is 16.4. The Hall–Kier alpha value is -2.82. The number of carbonyl (C=O) groups is 1. The van der Waals surface area contributed by atoms with Crippen LogP contribution in [0.1, 0.15) is 35.1 Å². The van der Waals surface area contributed by atoms with Crippen molar-refractivity contribution >= 4 is 11.8 Å². The molecule has 0 saturated heterocycles. The molecule has 1 atom stereocenters. The van der Waals surface area contributed by atoms with Crippen LogP contribution >= 0.6 is 0 Å². The highest BCUT2D eigenvalue weighted by atomic mass is 16.5. The van der Waals surface area contributed by atoms with Gasteiger partial charge in [-0.1, -0.05) is 18.2 Å². The van der Waals surface area contributed by atoms with Gasteiger partial charge in [-0.25, -0.2) is 0 Å². The number of benzene rings is 2. The molecule has 0 bridgehead atoms. The predicted octanol–water partition coefficient (Wildman–Crippen LogP) is 3.13. The third kappa shape index (κ3) is 4.38. The second-order valence-corrected chi connectivity index (χ2v) is 6.54. The molecule has 0 saturated carbocycles. The van der Waals surface area contributed by atoms with Gasteiger partial charge in [-0.15, -0.1) is 0 Å². The maximum absolute atomic E-state index is 10.9. The highest BCUT2D eigenvalue weighted by Gasteiger charge is 2.21. The quantitative estimate of drug-likeness (QED) is 0.557. The first-order chi connectivity index (χ1) is 12.0. The zero-order chi connectivity index (χ0) is 17.8. The highest BCUT2D eigenvalue weighted by Crippen LogP contribution is 2.28. The van der Waals surface area contributed by atoms with E-state index in [2.05, 4.69) is 18.2 Å². The SMILES string of the molecule is N=C(N)c1ccc(OCc2ccc3c(c2)CC(CC(=O)O)CC3)cc1. The molecular formula is C20H22N2O3. The number of nitrogen functional groups attached to an aromatic ring is 1. The number of hydrogen-bond donors (Lipinski definition) is 3. The first kappa shape index (κ1) is 17.0. The standard InChI is InChI=1S/C20H22N2O3/c21-20(22)16-5-7-18(8-6-16)25-12-14-2-4-15-3-1-13(11-19(23)24)9-17(15)10-14/h2,4-8,10,13H,1,3,9,11-12H2,(H3,21,22)(H,23,24). The summed E-state index contributed by atoms with van der Waals surface area (Å²) in [7, 11) is 0. The Balaban J connectivity index is 1.64. The van der Waals surface area contributed by atoms with E-state index in [-0.39, 0.29) is 18.2 Å². The van der Waals surface area contributed by atoms with Crippen LogP contribution in [0.4, 0.5) is 0 Å². The summed E-state index contributed by atoms with van der Waals surface area (Å²) in [5.41, 5.74) is 9.74. The lowest BCUT2D eigenvalue weighted by molar-refractivity contribution is -0.138. The van der Waals surface area contributed by atoms with Gasteiger partial charge >= 0.3 is 5.97 Å². The Labute approximate surface area is 146 Å². The van der Waals surface area contributed by atoms with E-state index in [1.54, 1.807) is 24.3 Å². The number of rotatable bonds is 6. The van der Waals surface area contributed by atoms with Crippen molar-refractivity contribution in [3.05, 3.63) is 64.7 Å². The molecule has 1 unspecified atom stereocenters. The minimum absolute atomic E-state index is 0.0390. The third-order valence-electron chi connectivity index (χ3n) is 4.64. The Bertz CT molecular complexity index is 784. The van der Waals surface area contributed by atoms with Crippen LogP contribution in [0.5, 0.6) is 5.75 Å². The van der Waals surface area contributed by atoms with Crippen LogP contribution in [0.25, 0.3) is 0 Å². The van der Waals surface area contributed by atoms with Gasteiger partial charge in [0.25, 0.3) is 0 Å². The van der Waals surface area contributed by atoms with Gasteiger partial charge in [0.15, 0.2) is 0 Å². The number of hydrogen-bond acceptors (Lipinski definition) is 3. The molecule has 0 radical (unpaired) electrons. The van der Waals surface area contributed by atoms with E-state index in [0.717, 1.165) is 30.6 Å². The van der Waals surface area contributed by atoms with Crippen molar-refractivity contribution in [2.45, 2.75) is 32.3 Å². The number of fused-ring (bicyclic) bond motifs is 1. The second kappa shape index (κ2) is 7.38. The van der Waals surface area contributed by atoms with Crippen molar-refractivity contribution in [2.75, 3.05) is 0 Å². The van der Waals surface area contributed by atoms with Gasteiger partial charge in [-0.2, -0.15) is 0 Å². The molecule has 25 heavy (non-hydrogen) atoms. The number of carboxylic acid groups (broad SMARTS) is 1. The number of nitrogens with one attached hydrogen (secondary N) is 1. The molecule has 1 aliphatic carbocycles. The number of ether oxygens (including phenoxy) is 1.